The molecule has 2 N–H and O–H groups in total. The third kappa shape index (κ3) is 3.08. The van der Waals surface area contributed by atoms with Crippen molar-refractivity contribution in [3.63, 3.8) is 0 Å². The molecule has 0 bridgehead atoms. The van der Waals surface area contributed by atoms with E-state index in [9.17, 15) is 9.59 Å². The quantitative estimate of drug-likeness (QED) is 0.903. The number of rotatable bonds is 3. The maximum Gasteiger partial charge on any atom is 0.337 e. The predicted molar refractivity (Wildman–Crippen MR) is 70.6 cm³/mol. The molecule has 0 unspecified atom stereocenters. The monoisotopic (exact) mass is 276 g/mol. The molecule has 96 valence electrons. The van der Waals surface area contributed by atoms with Crippen molar-refractivity contribution < 1.29 is 14.7 Å². The van der Waals surface area contributed by atoms with E-state index in [0.29, 0.717) is 5.56 Å². The van der Waals surface area contributed by atoms with Crippen LogP contribution in [0.2, 0.25) is 5.02 Å². The van der Waals surface area contributed by atoms with Gasteiger partial charge in [-0.3, -0.25) is 9.78 Å². The fourth-order valence-corrected chi connectivity index (χ4v) is 1.67. The third-order valence-electron chi connectivity index (χ3n) is 2.38. The van der Waals surface area contributed by atoms with E-state index in [1.807, 2.05) is 0 Å². The SMILES string of the molecule is O=C(Nc1ccc(Cl)cc1C(=O)O)c1cccnc1. The van der Waals surface area contributed by atoms with Crippen LogP contribution >= 0.6 is 11.6 Å². The molecule has 1 aromatic heterocycles. The molecule has 0 saturated carbocycles. The zero-order valence-corrected chi connectivity index (χ0v) is 10.4. The van der Waals surface area contributed by atoms with Gasteiger partial charge in [0.05, 0.1) is 16.8 Å². The second-order valence-corrected chi connectivity index (χ2v) is 4.13. The molecule has 0 fully saturated rings. The average Bonchev–Trinajstić information content (AvgIpc) is 2.41. The van der Waals surface area contributed by atoms with Gasteiger partial charge in [0.25, 0.3) is 5.91 Å². The minimum Gasteiger partial charge on any atom is -0.478 e. The number of benzene rings is 1. The number of nitrogens with one attached hydrogen (secondary N) is 1. The van der Waals surface area contributed by atoms with E-state index in [1.165, 1.54) is 24.4 Å². The molecular formula is C13H9ClN2O3. The summed E-state index contributed by atoms with van der Waals surface area (Å²) in [4.78, 5) is 26.8. The van der Waals surface area contributed by atoms with Crippen LogP contribution in [0.15, 0.2) is 42.7 Å². The molecule has 5 nitrogen and oxygen atoms in total. The number of carboxylic acid groups (broad SMARTS) is 1. The van der Waals surface area contributed by atoms with Crippen molar-refractivity contribution in [1.82, 2.24) is 4.98 Å². The number of nitrogens with zero attached hydrogens (tertiary/aromatic N) is 1. The van der Waals surface area contributed by atoms with E-state index >= 15 is 0 Å². The van der Waals surface area contributed by atoms with Crippen LogP contribution in [0, 0.1) is 0 Å². The van der Waals surface area contributed by atoms with Crippen LogP contribution in [0.25, 0.3) is 0 Å². The van der Waals surface area contributed by atoms with Gasteiger partial charge < -0.3 is 10.4 Å². The third-order valence-corrected chi connectivity index (χ3v) is 2.62. The summed E-state index contributed by atoms with van der Waals surface area (Å²) in [6.07, 6.45) is 2.94. The Morgan fingerprint density at radius 2 is 2.05 bits per heavy atom. The van der Waals surface area contributed by atoms with Gasteiger partial charge in [-0.05, 0) is 30.3 Å². The van der Waals surface area contributed by atoms with Crippen LogP contribution in [0.3, 0.4) is 0 Å². The normalized spacial score (nSPS) is 9.95. The molecule has 0 aliphatic rings. The summed E-state index contributed by atoms with van der Waals surface area (Å²) in [6.45, 7) is 0. The van der Waals surface area contributed by atoms with Gasteiger partial charge in [-0.1, -0.05) is 11.6 Å². The standard InChI is InChI=1S/C13H9ClN2O3/c14-9-3-4-11(10(6-9)13(18)19)16-12(17)8-2-1-5-15-7-8/h1-7H,(H,16,17)(H,18,19). The Bertz CT molecular complexity index is 629. The number of carboxylic acids is 1. The Labute approximate surface area is 113 Å². The number of aromatic carboxylic acids is 1. The number of carbonyl (C=O) groups excluding carboxylic acids is 1. The molecule has 0 saturated heterocycles. The maximum atomic E-state index is 11.9. The molecule has 0 spiro atoms. The molecule has 0 aliphatic carbocycles. The zero-order valence-electron chi connectivity index (χ0n) is 9.63. The summed E-state index contributed by atoms with van der Waals surface area (Å²) in [5.41, 5.74) is 0.462. The van der Waals surface area contributed by atoms with Crippen molar-refractivity contribution in [2.45, 2.75) is 0 Å². The Morgan fingerprint density at radius 1 is 1.26 bits per heavy atom. The molecule has 0 atom stereocenters. The maximum absolute atomic E-state index is 11.9. The Morgan fingerprint density at radius 3 is 2.68 bits per heavy atom. The molecule has 0 radical (unpaired) electrons. The molecule has 1 amide bonds. The summed E-state index contributed by atoms with van der Waals surface area (Å²) in [7, 11) is 0. The summed E-state index contributed by atoms with van der Waals surface area (Å²) in [6, 6.07) is 7.43. The van der Waals surface area contributed by atoms with Crippen molar-refractivity contribution in [2.75, 3.05) is 5.32 Å². The first-order valence-corrected chi connectivity index (χ1v) is 5.70. The highest BCUT2D eigenvalue weighted by Gasteiger charge is 2.14. The van der Waals surface area contributed by atoms with Crippen LogP contribution in [0.5, 0.6) is 0 Å². The summed E-state index contributed by atoms with van der Waals surface area (Å²) < 4.78 is 0. The lowest BCUT2D eigenvalue weighted by atomic mass is 10.1. The minimum absolute atomic E-state index is 0.0651. The van der Waals surface area contributed by atoms with E-state index in [0.717, 1.165) is 0 Å². The van der Waals surface area contributed by atoms with Crippen LogP contribution in [-0.4, -0.2) is 22.0 Å². The zero-order chi connectivity index (χ0) is 13.8. The average molecular weight is 277 g/mol. The molecule has 2 rings (SSSR count). The van der Waals surface area contributed by atoms with Gasteiger partial charge >= 0.3 is 5.97 Å². The van der Waals surface area contributed by atoms with Crippen molar-refractivity contribution in [3.05, 3.63) is 58.9 Å². The number of anilines is 1. The predicted octanol–water partition coefficient (Wildman–Crippen LogP) is 2.69. The lowest BCUT2D eigenvalue weighted by molar-refractivity contribution is 0.0698. The van der Waals surface area contributed by atoms with Crippen LogP contribution in [0.1, 0.15) is 20.7 Å². The van der Waals surface area contributed by atoms with Gasteiger partial charge in [0.15, 0.2) is 0 Å². The van der Waals surface area contributed by atoms with E-state index in [2.05, 4.69) is 10.3 Å². The number of amides is 1. The fourth-order valence-electron chi connectivity index (χ4n) is 1.49. The molecule has 1 aromatic carbocycles. The smallest absolute Gasteiger partial charge is 0.337 e. The highest BCUT2D eigenvalue weighted by atomic mass is 35.5. The Balaban J connectivity index is 2.29. The first-order chi connectivity index (χ1) is 9.08. The molecule has 19 heavy (non-hydrogen) atoms. The molecule has 0 aliphatic heterocycles. The van der Waals surface area contributed by atoms with Gasteiger partial charge in [0.1, 0.15) is 0 Å². The van der Waals surface area contributed by atoms with Crippen molar-refractivity contribution in [1.29, 1.82) is 0 Å². The topological polar surface area (TPSA) is 79.3 Å². The molecule has 1 heterocycles. The van der Waals surface area contributed by atoms with Gasteiger partial charge in [0.2, 0.25) is 0 Å². The summed E-state index contributed by atoms with van der Waals surface area (Å²) in [5, 5.41) is 11.9. The van der Waals surface area contributed by atoms with E-state index in [1.54, 1.807) is 18.3 Å². The van der Waals surface area contributed by atoms with Crippen molar-refractivity contribution in [2.24, 2.45) is 0 Å². The van der Waals surface area contributed by atoms with Gasteiger partial charge in [-0.15, -0.1) is 0 Å². The number of pyridine rings is 1. The molecule has 2 aromatic rings. The first kappa shape index (κ1) is 13.0. The number of hydrogen-bond donors (Lipinski definition) is 2. The van der Waals surface area contributed by atoms with E-state index < -0.39 is 11.9 Å². The van der Waals surface area contributed by atoms with E-state index in [4.69, 9.17) is 16.7 Å². The number of halogens is 1. The van der Waals surface area contributed by atoms with Crippen molar-refractivity contribution >= 4 is 29.2 Å². The number of carbonyl (C=O) groups is 2. The van der Waals surface area contributed by atoms with Gasteiger partial charge in [-0.2, -0.15) is 0 Å². The molecule has 6 heteroatoms. The van der Waals surface area contributed by atoms with Crippen LogP contribution < -0.4 is 5.32 Å². The largest absolute Gasteiger partial charge is 0.478 e. The minimum atomic E-state index is -1.16. The van der Waals surface area contributed by atoms with Crippen LogP contribution in [0.4, 0.5) is 5.69 Å². The highest BCUT2D eigenvalue weighted by molar-refractivity contribution is 6.31. The highest BCUT2D eigenvalue weighted by Crippen LogP contribution is 2.21. The second-order valence-electron chi connectivity index (χ2n) is 3.69. The number of hydrogen-bond acceptors (Lipinski definition) is 3. The summed E-state index contributed by atoms with van der Waals surface area (Å²) in [5.74, 6) is -1.60. The number of aromatic nitrogens is 1. The van der Waals surface area contributed by atoms with Crippen molar-refractivity contribution in [3.8, 4) is 0 Å². The van der Waals surface area contributed by atoms with Gasteiger partial charge in [0, 0.05) is 17.4 Å². The second kappa shape index (κ2) is 5.49. The Kier molecular flexibility index (Phi) is 3.77. The fraction of sp³-hybridized carbons (Fsp3) is 0. The lowest BCUT2D eigenvalue weighted by Crippen LogP contribution is -2.14. The van der Waals surface area contributed by atoms with Crippen LogP contribution in [-0.2, 0) is 0 Å². The summed E-state index contributed by atoms with van der Waals surface area (Å²) >= 11 is 5.73. The van der Waals surface area contributed by atoms with E-state index in [-0.39, 0.29) is 16.3 Å². The Hall–Kier alpha value is -2.40. The first-order valence-electron chi connectivity index (χ1n) is 5.32. The van der Waals surface area contributed by atoms with Gasteiger partial charge in [-0.25, -0.2) is 4.79 Å². The molecular weight excluding hydrogens is 268 g/mol. The lowest BCUT2D eigenvalue weighted by Gasteiger charge is -2.08.